The van der Waals surface area contributed by atoms with Crippen molar-refractivity contribution in [3.8, 4) is 22.7 Å². The van der Waals surface area contributed by atoms with E-state index in [0.29, 0.717) is 28.6 Å². The Kier molecular flexibility index (Phi) is 4.83. The van der Waals surface area contributed by atoms with Gasteiger partial charge in [0.2, 0.25) is 0 Å². The van der Waals surface area contributed by atoms with E-state index in [1.807, 2.05) is 16.8 Å². The summed E-state index contributed by atoms with van der Waals surface area (Å²) in [6, 6.07) is 5.61. The van der Waals surface area contributed by atoms with Gasteiger partial charge in [-0.25, -0.2) is 9.37 Å². The zero-order chi connectivity index (χ0) is 20.7. The van der Waals surface area contributed by atoms with Gasteiger partial charge in [-0.15, -0.1) is 0 Å². The quantitative estimate of drug-likeness (QED) is 0.688. The molecule has 0 saturated carbocycles. The number of aromatic nitrogens is 4. The second kappa shape index (κ2) is 7.65. The van der Waals surface area contributed by atoms with E-state index >= 15 is 0 Å². The molecule has 2 aliphatic rings. The number of aromatic hydroxyl groups is 1. The average molecular weight is 405 g/mol. The summed E-state index contributed by atoms with van der Waals surface area (Å²) in [6.07, 6.45) is 11.2. The number of alkyl halides is 1. The minimum absolute atomic E-state index is 0.0857. The van der Waals surface area contributed by atoms with E-state index in [4.69, 9.17) is 0 Å². The van der Waals surface area contributed by atoms with E-state index < -0.39 is 6.17 Å². The molecule has 2 saturated heterocycles. The number of benzene rings is 1. The number of phenolic OH excluding ortho intramolecular Hbond substituents is 1. The van der Waals surface area contributed by atoms with Gasteiger partial charge in [-0.1, -0.05) is 13.0 Å². The summed E-state index contributed by atoms with van der Waals surface area (Å²) >= 11 is 0. The zero-order valence-corrected chi connectivity index (χ0v) is 16.6. The molecule has 2 N–H and O–H groups in total. The predicted octanol–water partition coefficient (Wildman–Crippen LogP) is 3.92. The van der Waals surface area contributed by atoms with Crippen LogP contribution in [0.25, 0.3) is 22.5 Å². The molecule has 0 aliphatic carbocycles. The average Bonchev–Trinajstić information content (AvgIpc) is 3.31. The summed E-state index contributed by atoms with van der Waals surface area (Å²) in [5, 5.41) is 13.9. The number of piperidine rings is 2. The van der Waals surface area contributed by atoms with Crippen molar-refractivity contribution < 1.29 is 9.50 Å². The summed E-state index contributed by atoms with van der Waals surface area (Å²) in [6.45, 7) is 4.16. The molecule has 0 amide bonds. The number of hydrogen-bond acceptors (Lipinski definition) is 5. The smallest absolute Gasteiger partial charge is 0.127 e. The third kappa shape index (κ3) is 3.39. The first-order chi connectivity index (χ1) is 14.6. The molecule has 4 atom stereocenters. The number of nitrogens with one attached hydrogen (secondary N) is 1. The minimum Gasteiger partial charge on any atom is -0.507 e. The molecule has 5 rings (SSSR count). The Bertz CT molecular complexity index is 1050. The van der Waals surface area contributed by atoms with Crippen LogP contribution in [0.1, 0.15) is 31.4 Å². The maximum absolute atomic E-state index is 15.0. The van der Waals surface area contributed by atoms with E-state index in [0.717, 1.165) is 31.4 Å². The molecule has 30 heavy (non-hydrogen) atoms. The van der Waals surface area contributed by atoms with Crippen molar-refractivity contribution in [1.29, 1.82) is 0 Å². The van der Waals surface area contributed by atoms with Crippen molar-refractivity contribution >= 4 is 5.57 Å². The monoisotopic (exact) mass is 405 g/mol. The summed E-state index contributed by atoms with van der Waals surface area (Å²) in [7, 11) is 0. The summed E-state index contributed by atoms with van der Waals surface area (Å²) in [4.78, 5) is 13.0. The second-order valence-electron chi connectivity index (χ2n) is 8.17. The van der Waals surface area contributed by atoms with E-state index in [1.165, 1.54) is 0 Å². The molecule has 2 aromatic heterocycles. The van der Waals surface area contributed by atoms with E-state index in [2.05, 4.69) is 26.8 Å². The van der Waals surface area contributed by atoms with Crippen LogP contribution in [0.5, 0.6) is 5.75 Å². The van der Waals surface area contributed by atoms with Crippen LogP contribution in [0.3, 0.4) is 0 Å². The lowest BCUT2D eigenvalue weighted by Gasteiger charge is -2.43. The Morgan fingerprint density at radius 1 is 1.23 bits per heavy atom. The maximum atomic E-state index is 15.0. The SMILES string of the molecule is C=C(c1cnc(-c2ccc(-n3ccnc3)cc2O)cn1)[C@@H]1C[C@H]2CCC[C@H](N2)[C@@H]1F. The van der Waals surface area contributed by atoms with Gasteiger partial charge in [0.05, 0.1) is 35.8 Å². The van der Waals surface area contributed by atoms with Crippen molar-refractivity contribution in [2.24, 2.45) is 5.92 Å². The van der Waals surface area contributed by atoms with E-state index in [9.17, 15) is 9.50 Å². The van der Waals surface area contributed by atoms with Crippen LogP contribution < -0.4 is 5.32 Å². The number of nitrogens with zero attached hydrogens (tertiary/aromatic N) is 4. The Labute approximate surface area is 174 Å². The molecule has 2 bridgehead atoms. The van der Waals surface area contributed by atoms with Crippen molar-refractivity contribution in [3.05, 3.63) is 61.6 Å². The summed E-state index contributed by atoms with van der Waals surface area (Å²) in [5.41, 5.74) is 3.26. The molecule has 0 spiro atoms. The van der Waals surface area contributed by atoms with Crippen LogP contribution in [-0.4, -0.2) is 42.9 Å². The van der Waals surface area contributed by atoms with Crippen molar-refractivity contribution in [1.82, 2.24) is 24.8 Å². The third-order valence-corrected chi connectivity index (χ3v) is 6.31. The normalized spacial score (nSPS) is 25.8. The number of rotatable bonds is 4. The van der Waals surface area contributed by atoms with Gasteiger partial charge in [0.15, 0.2) is 0 Å². The molecule has 6 nitrogen and oxygen atoms in total. The van der Waals surface area contributed by atoms with Gasteiger partial charge in [0.25, 0.3) is 0 Å². The topological polar surface area (TPSA) is 75.9 Å². The highest BCUT2D eigenvalue weighted by molar-refractivity contribution is 5.69. The lowest BCUT2D eigenvalue weighted by atomic mass is 9.75. The van der Waals surface area contributed by atoms with Crippen LogP contribution in [0.15, 0.2) is 55.9 Å². The first-order valence-electron chi connectivity index (χ1n) is 10.3. The minimum atomic E-state index is -0.949. The molecular formula is C23H24FN5O. The summed E-state index contributed by atoms with van der Waals surface area (Å²) in [5.74, 6) is -0.123. The van der Waals surface area contributed by atoms with Crippen molar-refractivity contribution in [3.63, 3.8) is 0 Å². The molecule has 0 radical (unpaired) electrons. The number of allylic oxidation sites excluding steroid dienone is 1. The van der Waals surface area contributed by atoms with Crippen molar-refractivity contribution in [2.75, 3.05) is 0 Å². The Hall–Kier alpha value is -3.06. The van der Waals surface area contributed by atoms with Gasteiger partial charge in [-0.05, 0) is 37.0 Å². The highest BCUT2D eigenvalue weighted by atomic mass is 19.1. The molecule has 4 heterocycles. The van der Waals surface area contributed by atoms with E-state index in [-0.39, 0.29) is 17.7 Å². The van der Waals surface area contributed by atoms with Gasteiger partial charge >= 0.3 is 0 Å². The number of imidazole rings is 1. The standard InChI is InChI=1S/C23H24FN5O/c1-14(18-9-15-3-2-4-19(28-15)23(18)24)20-11-27-21(12-26-20)17-6-5-16(10-22(17)30)29-8-7-25-13-29/h5-8,10-13,15,18-19,23,28,30H,1-4,9H2/t15-,18+,19+,23-/m1/s1. The highest BCUT2D eigenvalue weighted by Gasteiger charge is 2.41. The fraction of sp³-hybridized carbons (Fsp3) is 0.348. The van der Waals surface area contributed by atoms with Crippen LogP contribution in [0, 0.1) is 5.92 Å². The van der Waals surface area contributed by atoms with Gasteiger partial charge in [0.1, 0.15) is 11.9 Å². The molecule has 1 aromatic carbocycles. The highest BCUT2D eigenvalue weighted by Crippen LogP contribution is 2.38. The number of phenols is 1. The lowest BCUT2D eigenvalue weighted by molar-refractivity contribution is 0.0982. The Morgan fingerprint density at radius 3 is 2.87 bits per heavy atom. The van der Waals surface area contributed by atoms with Crippen LogP contribution >= 0.6 is 0 Å². The largest absolute Gasteiger partial charge is 0.507 e. The second-order valence-corrected chi connectivity index (χ2v) is 8.17. The molecule has 7 heteroatoms. The van der Waals surface area contributed by atoms with Crippen LogP contribution in [-0.2, 0) is 0 Å². The van der Waals surface area contributed by atoms with Gasteiger partial charge < -0.3 is 15.0 Å². The van der Waals surface area contributed by atoms with Crippen LogP contribution in [0.4, 0.5) is 4.39 Å². The third-order valence-electron chi connectivity index (χ3n) is 6.31. The predicted molar refractivity (Wildman–Crippen MR) is 113 cm³/mol. The number of fused-ring (bicyclic) bond motifs is 2. The molecule has 2 aliphatic heterocycles. The molecule has 0 unspecified atom stereocenters. The number of halogens is 1. The fourth-order valence-corrected chi connectivity index (χ4v) is 4.67. The number of hydrogen-bond donors (Lipinski definition) is 2. The van der Waals surface area contributed by atoms with Gasteiger partial charge in [0, 0.05) is 42.0 Å². The van der Waals surface area contributed by atoms with E-state index in [1.54, 1.807) is 37.1 Å². The first-order valence-corrected chi connectivity index (χ1v) is 10.3. The Balaban J connectivity index is 1.36. The first kappa shape index (κ1) is 18.9. The van der Waals surface area contributed by atoms with Crippen LogP contribution in [0.2, 0.25) is 0 Å². The Morgan fingerprint density at radius 2 is 2.13 bits per heavy atom. The van der Waals surface area contributed by atoms with Gasteiger partial charge in [-0.3, -0.25) is 9.97 Å². The molecule has 3 aromatic rings. The fourth-order valence-electron chi connectivity index (χ4n) is 4.67. The lowest BCUT2D eigenvalue weighted by Crippen LogP contribution is -2.55. The summed E-state index contributed by atoms with van der Waals surface area (Å²) < 4.78 is 16.8. The molecule has 154 valence electrons. The van der Waals surface area contributed by atoms with Gasteiger partial charge in [-0.2, -0.15) is 0 Å². The molecular weight excluding hydrogens is 381 g/mol. The van der Waals surface area contributed by atoms with Crippen molar-refractivity contribution in [2.45, 2.75) is 43.9 Å². The maximum Gasteiger partial charge on any atom is 0.127 e. The zero-order valence-electron chi connectivity index (χ0n) is 16.6. The molecule has 2 fully saturated rings.